The molecule has 2 N–H and O–H groups in total. The molecule has 1 radical (unpaired) electrons. The number of hydrogen-bond donors (Lipinski definition) is 2. The van der Waals surface area contributed by atoms with Crippen LogP contribution in [0.25, 0.3) is 0 Å². The Hall–Kier alpha value is -0.840. The monoisotopic (exact) mass is 320 g/mol. The Balaban J connectivity index is 1.86. The van der Waals surface area contributed by atoms with Crippen molar-refractivity contribution in [3.05, 3.63) is 40.5 Å². The Morgan fingerprint density at radius 1 is 1.32 bits per heavy atom. The molecule has 1 unspecified atom stereocenters. The number of nitrogens with one attached hydrogen (secondary N) is 2. The standard InChI is InChI=1S/C15H19BrN3/c1-19(12-4-7-17-8-5-12)15-6-9-18-14-3-2-11(16)10-13(14)15/h2-3,9-10,12,15,17-18H,4-5,7-8H2,1H3. The summed E-state index contributed by atoms with van der Waals surface area (Å²) in [5, 5.41) is 6.71. The SMILES string of the molecule is CN(C1CCNCC1)C1[C]=CNc2ccc(Br)cc21. The third-order valence-corrected chi connectivity index (χ3v) is 4.56. The number of piperidine rings is 1. The largest absolute Gasteiger partial charge is 0.361 e. The summed E-state index contributed by atoms with van der Waals surface area (Å²) in [7, 11) is 2.22. The van der Waals surface area contributed by atoms with Crippen molar-refractivity contribution in [3.63, 3.8) is 0 Å². The Morgan fingerprint density at radius 3 is 2.89 bits per heavy atom. The van der Waals surface area contributed by atoms with E-state index < -0.39 is 0 Å². The van der Waals surface area contributed by atoms with E-state index in [-0.39, 0.29) is 6.04 Å². The fourth-order valence-electron chi connectivity index (χ4n) is 2.94. The minimum Gasteiger partial charge on any atom is -0.361 e. The van der Waals surface area contributed by atoms with Crippen LogP contribution in [0.3, 0.4) is 0 Å². The molecule has 1 fully saturated rings. The van der Waals surface area contributed by atoms with Gasteiger partial charge in [0.25, 0.3) is 0 Å². The smallest absolute Gasteiger partial charge is 0.0641 e. The van der Waals surface area contributed by atoms with Crippen LogP contribution in [0, 0.1) is 6.08 Å². The molecule has 0 spiro atoms. The van der Waals surface area contributed by atoms with Crippen LogP contribution in [-0.2, 0) is 0 Å². The number of rotatable bonds is 2. The molecule has 1 aromatic rings. The van der Waals surface area contributed by atoms with Crippen molar-refractivity contribution in [2.24, 2.45) is 0 Å². The zero-order valence-corrected chi connectivity index (χ0v) is 12.7. The van der Waals surface area contributed by atoms with Crippen molar-refractivity contribution >= 4 is 21.6 Å². The van der Waals surface area contributed by atoms with E-state index in [1.54, 1.807) is 0 Å². The molecular weight excluding hydrogens is 302 g/mol. The Morgan fingerprint density at radius 2 is 2.11 bits per heavy atom. The molecule has 2 aliphatic rings. The molecule has 2 heterocycles. The Labute approximate surface area is 123 Å². The molecule has 0 bridgehead atoms. The summed E-state index contributed by atoms with van der Waals surface area (Å²) in [6.45, 7) is 2.24. The van der Waals surface area contributed by atoms with E-state index in [2.05, 4.69) is 62.8 Å². The van der Waals surface area contributed by atoms with Gasteiger partial charge >= 0.3 is 0 Å². The summed E-state index contributed by atoms with van der Waals surface area (Å²) >= 11 is 3.57. The number of benzene rings is 1. The normalized spacial score (nSPS) is 23.2. The van der Waals surface area contributed by atoms with Crippen LogP contribution < -0.4 is 10.6 Å². The van der Waals surface area contributed by atoms with E-state index in [0.717, 1.165) is 17.6 Å². The van der Waals surface area contributed by atoms with Crippen molar-refractivity contribution in [1.29, 1.82) is 0 Å². The fraction of sp³-hybridized carbons (Fsp3) is 0.467. The Kier molecular flexibility index (Phi) is 3.91. The van der Waals surface area contributed by atoms with Gasteiger partial charge in [0.15, 0.2) is 0 Å². The maximum atomic E-state index is 3.57. The van der Waals surface area contributed by atoms with Gasteiger partial charge in [0.05, 0.1) is 6.04 Å². The molecule has 4 heteroatoms. The van der Waals surface area contributed by atoms with Gasteiger partial charge in [0.1, 0.15) is 0 Å². The predicted octanol–water partition coefficient (Wildman–Crippen LogP) is 2.92. The summed E-state index contributed by atoms with van der Waals surface area (Å²) in [5.41, 5.74) is 2.49. The molecule has 0 aromatic heterocycles. The van der Waals surface area contributed by atoms with Crippen LogP contribution in [0.15, 0.2) is 28.9 Å². The number of anilines is 1. The van der Waals surface area contributed by atoms with Gasteiger partial charge in [-0.3, -0.25) is 4.90 Å². The van der Waals surface area contributed by atoms with E-state index in [1.165, 1.54) is 24.1 Å². The molecular formula is C15H19BrN3. The highest BCUT2D eigenvalue weighted by Gasteiger charge is 2.27. The lowest BCUT2D eigenvalue weighted by Gasteiger charge is -2.37. The van der Waals surface area contributed by atoms with Gasteiger partial charge in [-0.15, -0.1) is 0 Å². The summed E-state index contributed by atoms with van der Waals surface area (Å²) in [6, 6.07) is 7.28. The maximum Gasteiger partial charge on any atom is 0.0641 e. The molecule has 3 nitrogen and oxygen atoms in total. The van der Waals surface area contributed by atoms with Crippen molar-refractivity contribution in [2.45, 2.75) is 24.9 Å². The van der Waals surface area contributed by atoms with Gasteiger partial charge in [-0.2, -0.15) is 0 Å². The van der Waals surface area contributed by atoms with Crippen LogP contribution in [0.5, 0.6) is 0 Å². The van der Waals surface area contributed by atoms with Crippen LogP contribution in [0.4, 0.5) is 5.69 Å². The highest BCUT2D eigenvalue weighted by atomic mass is 79.9. The molecule has 3 rings (SSSR count). The van der Waals surface area contributed by atoms with Crippen LogP contribution >= 0.6 is 15.9 Å². The summed E-state index contributed by atoms with van der Waals surface area (Å²) in [4.78, 5) is 2.46. The summed E-state index contributed by atoms with van der Waals surface area (Å²) in [5.74, 6) is 0. The van der Waals surface area contributed by atoms with Crippen molar-refractivity contribution in [1.82, 2.24) is 10.2 Å². The Bertz CT molecular complexity index is 480. The van der Waals surface area contributed by atoms with Gasteiger partial charge in [0.2, 0.25) is 0 Å². The molecule has 0 amide bonds. The second-order valence-electron chi connectivity index (χ2n) is 5.24. The quantitative estimate of drug-likeness (QED) is 0.877. The van der Waals surface area contributed by atoms with Gasteiger partial charge < -0.3 is 10.6 Å². The van der Waals surface area contributed by atoms with Crippen LogP contribution in [0.2, 0.25) is 0 Å². The minimum atomic E-state index is 0.247. The molecule has 0 aliphatic carbocycles. The van der Waals surface area contributed by atoms with Gasteiger partial charge in [-0.1, -0.05) is 15.9 Å². The molecule has 101 valence electrons. The number of fused-ring (bicyclic) bond motifs is 1. The van der Waals surface area contributed by atoms with Crippen molar-refractivity contribution in [2.75, 3.05) is 25.5 Å². The second-order valence-corrected chi connectivity index (χ2v) is 6.15. The van der Waals surface area contributed by atoms with Gasteiger partial charge in [0, 0.05) is 22.4 Å². The number of likely N-dealkylation sites (N-methyl/N-ethyl adjacent to an activating group) is 1. The third kappa shape index (κ3) is 2.71. The average molecular weight is 321 g/mol. The molecule has 2 aliphatic heterocycles. The average Bonchev–Trinajstić information content (AvgIpc) is 2.47. The van der Waals surface area contributed by atoms with E-state index in [4.69, 9.17) is 0 Å². The fourth-order valence-corrected chi connectivity index (χ4v) is 3.32. The lowest BCUT2D eigenvalue weighted by atomic mass is 9.96. The molecule has 1 aromatic carbocycles. The first-order valence-electron chi connectivity index (χ1n) is 6.82. The first kappa shape index (κ1) is 13.2. The number of nitrogens with zero attached hydrogens (tertiary/aromatic N) is 1. The van der Waals surface area contributed by atoms with Crippen molar-refractivity contribution < 1.29 is 0 Å². The van der Waals surface area contributed by atoms with Crippen LogP contribution in [-0.4, -0.2) is 31.1 Å². The first-order valence-corrected chi connectivity index (χ1v) is 7.61. The third-order valence-electron chi connectivity index (χ3n) is 4.07. The van der Waals surface area contributed by atoms with Crippen LogP contribution in [0.1, 0.15) is 24.4 Å². The predicted molar refractivity (Wildman–Crippen MR) is 82.0 cm³/mol. The van der Waals surface area contributed by atoms with Crippen molar-refractivity contribution in [3.8, 4) is 0 Å². The highest BCUT2D eigenvalue weighted by Crippen LogP contribution is 2.35. The maximum absolute atomic E-state index is 3.57. The lowest BCUT2D eigenvalue weighted by molar-refractivity contribution is 0.163. The summed E-state index contributed by atoms with van der Waals surface area (Å²) in [6.07, 6.45) is 7.82. The minimum absolute atomic E-state index is 0.247. The topological polar surface area (TPSA) is 27.3 Å². The molecule has 1 saturated heterocycles. The van der Waals surface area contributed by atoms with E-state index in [0.29, 0.717) is 6.04 Å². The summed E-state index contributed by atoms with van der Waals surface area (Å²) < 4.78 is 1.13. The lowest BCUT2D eigenvalue weighted by Crippen LogP contribution is -2.43. The number of halogens is 1. The zero-order chi connectivity index (χ0) is 13.2. The van der Waals surface area contributed by atoms with Gasteiger partial charge in [-0.25, -0.2) is 0 Å². The highest BCUT2D eigenvalue weighted by molar-refractivity contribution is 9.10. The molecule has 0 saturated carbocycles. The van der Waals surface area contributed by atoms with E-state index in [9.17, 15) is 0 Å². The molecule has 1 atom stereocenters. The van der Waals surface area contributed by atoms with Gasteiger partial charge in [-0.05, 0) is 62.8 Å². The second kappa shape index (κ2) is 5.65. The first-order chi connectivity index (χ1) is 9.25. The van der Waals surface area contributed by atoms with E-state index >= 15 is 0 Å². The zero-order valence-electron chi connectivity index (χ0n) is 11.1. The molecule has 19 heavy (non-hydrogen) atoms. The number of hydrogen-bond acceptors (Lipinski definition) is 3. The van der Waals surface area contributed by atoms with E-state index in [1.807, 2.05) is 6.20 Å².